The van der Waals surface area contributed by atoms with Crippen molar-refractivity contribution in [2.24, 2.45) is 0 Å². The number of hydrogen-bond donors (Lipinski definition) is 1. The van der Waals surface area contributed by atoms with Gasteiger partial charge in [-0.05, 0) is 0 Å². The van der Waals surface area contributed by atoms with Crippen LogP contribution in [0.15, 0.2) is 0 Å². The molecule has 0 aliphatic carbocycles. The highest BCUT2D eigenvalue weighted by atomic mass is 127. The van der Waals surface area contributed by atoms with Gasteiger partial charge in [-0.15, -0.1) is 0 Å². The first-order valence-corrected chi connectivity index (χ1v) is 4.46. The summed E-state index contributed by atoms with van der Waals surface area (Å²) in [6, 6.07) is 0.451. The van der Waals surface area contributed by atoms with Crippen molar-refractivity contribution in [1.29, 1.82) is 0 Å². The first kappa shape index (κ1) is 6.77. The van der Waals surface area contributed by atoms with Gasteiger partial charge in [0.2, 0.25) is 0 Å². The highest BCUT2D eigenvalue weighted by molar-refractivity contribution is 14.1. The van der Waals surface area contributed by atoms with Gasteiger partial charge in [0.05, 0.1) is 12.6 Å². The second-order valence-electron chi connectivity index (χ2n) is 2.18. The fourth-order valence-electron chi connectivity index (χ4n) is 0.903. The fourth-order valence-corrected chi connectivity index (χ4v) is 1.66. The first-order valence-electron chi connectivity index (χ1n) is 2.93. The van der Waals surface area contributed by atoms with Crippen LogP contribution in [-0.2, 0) is 0 Å². The van der Waals surface area contributed by atoms with Gasteiger partial charge in [0.25, 0.3) is 0 Å². The number of quaternary nitrogens is 1. The van der Waals surface area contributed by atoms with Crippen molar-refractivity contribution in [2.75, 3.05) is 11.0 Å². The van der Waals surface area contributed by atoms with E-state index in [0.717, 1.165) is 23.8 Å². The van der Waals surface area contributed by atoms with Gasteiger partial charge in [0, 0.05) is 17.3 Å². The Bertz CT molecular complexity index is 78.8. The zero-order valence-electron chi connectivity index (χ0n) is 4.69. The van der Waals surface area contributed by atoms with E-state index in [2.05, 4.69) is 22.6 Å². The van der Waals surface area contributed by atoms with Crippen molar-refractivity contribution in [2.45, 2.75) is 18.9 Å². The quantitative estimate of drug-likeness (QED) is 0.400. The highest BCUT2D eigenvalue weighted by Crippen LogP contribution is 2.01. The molecule has 3 heteroatoms. The fraction of sp³-hybridized carbons (Fsp3) is 1.00. The second-order valence-corrected chi connectivity index (χ2v) is 3.26. The summed E-state index contributed by atoms with van der Waals surface area (Å²) in [6.07, 6.45) is 2.27. The van der Waals surface area contributed by atoms with Crippen LogP contribution in [0.25, 0.3) is 0 Å². The minimum absolute atomic E-state index is 0.451. The van der Waals surface area contributed by atoms with Crippen molar-refractivity contribution in [1.82, 2.24) is 0 Å². The molecule has 1 saturated heterocycles. The lowest BCUT2D eigenvalue weighted by Gasteiger charge is -2.39. The molecule has 0 bridgehead atoms. The molecule has 2 nitrogen and oxygen atoms in total. The number of hydroxylamine groups is 2. The molecule has 1 heterocycles. The highest BCUT2D eigenvalue weighted by Gasteiger charge is 2.24. The zero-order chi connectivity index (χ0) is 5.98. The van der Waals surface area contributed by atoms with Gasteiger partial charge >= 0.3 is 0 Å². The molecule has 0 saturated carbocycles. The molecule has 1 fully saturated rings. The Morgan fingerprint density at radius 2 is 2.50 bits per heavy atom. The van der Waals surface area contributed by atoms with Crippen LogP contribution in [-0.4, -0.2) is 17.0 Å². The summed E-state index contributed by atoms with van der Waals surface area (Å²) in [5, 5.41) is 11.1. The predicted octanol–water partition coefficient (Wildman–Crippen LogP) is -0.0335. The molecule has 0 spiro atoms. The topological polar surface area (TPSA) is 27.5 Å². The van der Waals surface area contributed by atoms with Crippen molar-refractivity contribution >= 4 is 22.6 Å². The van der Waals surface area contributed by atoms with Crippen LogP contribution < -0.4 is 5.06 Å². The molecule has 2 unspecified atom stereocenters. The molecule has 48 valence electrons. The van der Waals surface area contributed by atoms with E-state index in [1.807, 2.05) is 0 Å². The summed E-state index contributed by atoms with van der Waals surface area (Å²) in [5.41, 5.74) is 0. The molecule has 0 amide bonds. The summed E-state index contributed by atoms with van der Waals surface area (Å²) >= 11 is 2.32. The van der Waals surface area contributed by atoms with E-state index < -0.39 is 0 Å². The van der Waals surface area contributed by atoms with E-state index in [1.165, 1.54) is 0 Å². The van der Waals surface area contributed by atoms with Gasteiger partial charge in [0.15, 0.2) is 0 Å². The Balaban J connectivity index is 2.08. The predicted molar refractivity (Wildman–Crippen MR) is 41.1 cm³/mol. The van der Waals surface area contributed by atoms with Gasteiger partial charge in [-0.1, -0.05) is 22.6 Å². The standard InChI is InChI=1S/C5H10INO/c6-3-1-5-2-4-7(5)8/h5,7H,1-4H2. The van der Waals surface area contributed by atoms with Crippen LogP contribution in [0.5, 0.6) is 0 Å². The maximum absolute atomic E-state index is 10.6. The third kappa shape index (κ3) is 1.33. The summed E-state index contributed by atoms with van der Waals surface area (Å²) < 4.78 is 1.13. The molecule has 0 aromatic rings. The minimum Gasteiger partial charge on any atom is -0.634 e. The number of nitrogens with one attached hydrogen (secondary N) is 1. The second kappa shape index (κ2) is 2.98. The molecule has 2 atom stereocenters. The molecule has 1 N–H and O–H groups in total. The van der Waals surface area contributed by atoms with Crippen molar-refractivity contribution in [3.05, 3.63) is 5.21 Å². The smallest absolute Gasteiger partial charge is 0.0933 e. The lowest BCUT2D eigenvalue weighted by molar-refractivity contribution is -0.920. The molecule has 8 heavy (non-hydrogen) atoms. The Labute approximate surface area is 63.0 Å². The van der Waals surface area contributed by atoms with E-state index in [1.54, 1.807) is 0 Å². The van der Waals surface area contributed by atoms with E-state index in [4.69, 9.17) is 0 Å². The van der Waals surface area contributed by atoms with Crippen LogP contribution in [0.2, 0.25) is 0 Å². The average molecular weight is 227 g/mol. The third-order valence-corrected chi connectivity index (χ3v) is 2.27. The Kier molecular flexibility index (Phi) is 2.52. The van der Waals surface area contributed by atoms with Crippen LogP contribution in [0.1, 0.15) is 12.8 Å². The molecular weight excluding hydrogens is 217 g/mol. The van der Waals surface area contributed by atoms with E-state index >= 15 is 0 Å². The van der Waals surface area contributed by atoms with E-state index in [9.17, 15) is 5.21 Å². The molecule has 0 aromatic carbocycles. The van der Waals surface area contributed by atoms with E-state index in [0.29, 0.717) is 11.1 Å². The van der Waals surface area contributed by atoms with Gasteiger partial charge in [-0.3, -0.25) is 0 Å². The summed E-state index contributed by atoms with van der Waals surface area (Å²) in [4.78, 5) is 0. The van der Waals surface area contributed by atoms with Crippen LogP contribution in [0, 0.1) is 5.21 Å². The number of halogens is 1. The lowest BCUT2D eigenvalue weighted by Crippen LogP contribution is -3.17. The molecule has 1 aliphatic rings. The molecule has 0 aromatic heterocycles. The van der Waals surface area contributed by atoms with E-state index in [-0.39, 0.29) is 0 Å². The molecular formula is C5H10INO. The summed E-state index contributed by atoms with van der Waals surface area (Å²) in [6.45, 7) is 0.849. The largest absolute Gasteiger partial charge is 0.634 e. The van der Waals surface area contributed by atoms with Crippen LogP contribution in [0.4, 0.5) is 0 Å². The van der Waals surface area contributed by atoms with Crippen LogP contribution >= 0.6 is 22.6 Å². The van der Waals surface area contributed by atoms with Gasteiger partial charge in [0.1, 0.15) is 0 Å². The first-order chi connectivity index (χ1) is 3.84. The van der Waals surface area contributed by atoms with Crippen molar-refractivity contribution in [3.63, 3.8) is 0 Å². The minimum atomic E-state index is 0.451. The maximum atomic E-state index is 10.6. The average Bonchev–Trinajstić information content (AvgIpc) is 1.79. The lowest BCUT2D eigenvalue weighted by atomic mass is 10.0. The Morgan fingerprint density at radius 1 is 1.75 bits per heavy atom. The van der Waals surface area contributed by atoms with Gasteiger partial charge in [-0.2, -0.15) is 0 Å². The maximum Gasteiger partial charge on any atom is 0.0933 e. The monoisotopic (exact) mass is 227 g/mol. The molecule has 1 rings (SSSR count). The van der Waals surface area contributed by atoms with Gasteiger partial charge < -0.3 is 10.3 Å². The SMILES string of the molecule is [O-][NH+]1CCC1CCI. The number of alkyl halides is 1. The van der Waals surface area contributed by atoms with Crippen molar-refractivity contribution in [3.8, 4) is 0 Å². The zero-order valence-corrected chi connectivity index (χ0v) is 6.85. The third-order valence-electron chi connectivity index (χ3n) is 1.65. The van der Waals surface area contributed by atoms with Gasteiger partial charge in [-0.25, -0.2) is 0 Å². The Morgan fingerprint density at radius 3 is 2.62 bits per heavy atom. The van der Waals surface area contributed by atoms with Crippen LogP contribution in [0.3, 0.4) is 0 Å². The molecule has 1 aliphatic heterocycles. The summed E-state index contributed by atoms with van der Waals surface area (Å²) in [5.74, 6) is 0. The molecule has 0 radical (unpaired) electrons. The summed E-state index contributed by atoms with van der Waals surface area (Å²) in [7, 11) is 0. The normalized spacial score (nSPS) is 36.8. The number of rotatable bonds is 2. The van der Waals surface area contributed by atoms with Crippen molar-refractivity contribution < 1.29 is 5.06 Å². The number of hydrogen-bond acceptors (Lipinski definition) is 1. The Hall–Kier alpha value is 0.650.